The van der Waals surface area contributed by atoms with Crippen molar-refractivity contribution >= 4 is 17.0 Å². The topological polar surface area (TPSA) is 78.9 Å². The van der Waals surface area contributed by atoms with E-state index in [-0.39, 0.29) is 5.92 Å². The lowest BCUT2D eigenvalue weighted by molar-refractivity contribution is -0.139. The van der Waals surface area contributed by atoms with Crippen molar-refractivity contribution in [3.63, 3.8) is 0 Å². The van der Waals surface area contributed by atoms with E-state index in [0.717, 1.165) is 0 Å². The SMILES string of the molecule is CC(C)C(C(=O)O)c1cccc2n[nH]nc12. The summed E-state index contributed by atoms with van der Waals surface area (Å²) in [7, 11) is 0. The smallest absolute Gasteiger partial charge is 0.311 e. The maximum atomic E-state index is 11.2. The second-order valence-electron chi connectivity index (χ2n) is 4.10. The number of carbonyl (C=O) groups is 1. The van der Waals surface area contributed by atoms with Gasteiger partial charge in [-0.3, -0.25) is 4.79 Å². The van der Waals surface area contributed by atoms with Crippen LogP contribution in [0.15, 0.2) is 18.2 Å². The van der Waals surface area contributed by atoms with Gasteiger partial charge in [0.1, 0.15) is 11.0 Å². The number of rotatable bonds is 3. The first kappa shape index (κ1) is 10.6. The normalized spacial score (nSPS) is 13.2. The summed E-state index contributed by atoms with van der Waals surface area (Å²) in [5.41, 5.74) is 2.06. The van der Waals surface area contributed by atoms with Crippen molar-refractivity contribution in [2.45, 2.75) is 19.8 Å². The molecule has 5 heteroatoms. The minimum Gasteiger partial charge on any atom is -0.481 e. The van der Waals surface area contributed by atoms with Gasteiger partial charge < -0.3 is 5.11 Å². The molecular weight excluding hydrogens is 206 g/mol. The quantitative estimate of drug-likeness (QED) is 0.824. The lowest BCUT2D eigenvalue weighted by Gasteiger charge is -2.16. The van der Waals surface area contributed by atoms with E-state index in [9.17, 15) is 9.90 Å². The second kappa shape index (κ2) is 3.92. The van der Waals surface area contributed by atoms with E-state index in [2.05, 4.69) is 15.4 Å². The zero-order valence-corrected chi connectivity index (χ0v) is 9.14. The molecule has 1 atom stereocenters. The molecule has 0 bridgehead atoms. The summed E-state index contributed by atoms with van der Waals surface area (Å²) in [6, 6.07) is 5.41. The highest BCUT2D eigenvalue weighted by atomic mass is 16.4. The molecule has 0 amide bonds. The number of aromatic amines is 1. The van der Waals surface area contributed by atoms with Crippen LogP contribution in [0.3, 0.4) is 0 Å². The molecule has 0 saturated heterocycles. The van der Waals surface area contributed by atoms with Crippen LogP contribution in [0.25, 0.3) is 11.0 Å². The molecule has 0 fully saturated rings. The third kappa shape index (κ3) is 1.64. The minimum atomic E-state index is -0.828. The maximum absolute atomic E-state index is 11.2. The number of carboxylic acid groups (broad SMARTS) is 1. The Morgan fingerprint density at radius 2 is 2.12 bits per heavy atom. The van der Waals surface area contributed by atoms with Gasteiger partial charge in [0, 0.05) is 0 Å². The first-order valence-electron chi connectivity index (χ1n) is 5.13. The lowest BCUT2D eigenvalue weighted by atomic mass is 9.88. The first-order valence-corrected chi connectivity index (χ1v) is 5.13. The number of para-hydroxylation sites is 1. The molecule has 0 aliphatic rings. The van der Waals surface area contributed by atoms with Crippen molar-refractivity contribution in [1.82, 2.24) is 15.4 Å². The highest BCUT2D eigenvalue weighted by molar-refractivity contribution is 5.85. The van der Waals surface area contributed by atoms with E-state index in [4.69, 9.17) is 0 Å². The summed E-state index contributed by atoms with van der Waals surface area (Å²) in [4.78, 5) is 11.2. The number of benzene rings is 1. The molecule has 2 aromatic rings. The summed E-state index contributed by atoms with van der Waals surface area (Å²) in [6.07, 6.45) is 0. The molecule has 2 N–H and O–H groups in total. The van der Waals surface area contributed by atoms with Gasteiger partial charge in [-0.05, 0) is 17.5 Å². The van der Waals surface area contributed by atoms with Crippen LogP contribution in [0.1, 0.15) is 25.3 Å². The van der Waals surface area contributed by atoms with Gasteiger partial charge in [-0.2, -0.15) is 15.4 Å². The van der Waals surface area contributed by atoms with Crippen molar-refractivity contribution in [3.05, 3.63) is 23.8 Å². The number of carboxylic acids is 1. The predicted molar refractivity (Wildman–Crippen MR) is 59.1 cm³/mol. The molecular formula is C11H13N3O2. The third-order valence-corrected chi connectivity index (χ3v) is 2.65. The largest absolute Gasteiger partial charge is 0.481 e. The fourth-order valence-corrected chi connectivity index (χ4v) is 1.92. The Bertz CT molecular complexity index is 519. The van der Waals surface area contributed by atoms with Crippen molar-refractivity contribution in [2.24, 2.45) is 5.92 Å². The first-order chi connectivity index (χ1) is 7.61. The number of nitrogens with one attached hydrogen (secondary N) is 1. The number of aromatic nitrogens is 3. The summed E-state index contributed by atoms with van der Waals surface area (Å²) in [5.74, 6) is -1.36. The Kier molecular flexibility index (Phi) is 2.60. The van der Waals surface area contributed by atoms with Crippen LogP contribution in [-0.4, -0.2) is 26.5 Å². The molecule has 0 radical (unpaired) electrons. The average Bonchev–Trinajstić information content (AvgIpc) is 2.65. The van der Waals surface area contributed by atoms with Gasteiger partial charge in [-0.1, -0.05) is 26.0 Å². The Morgan fingerprint density at radius 3 is 2.75 bits per heavy atom. The van der Waals surface area contributed by atoms with Crippen LogP contribution in [0.2, 0.25) is 0 Å². The molecule has 16 heavy (non-hydrogen) atoms. The molecule has 0 saturated carbocycles. The molecule has 1 unspecified atom stereocenters. The van der Waals surface area contributed by atoms with Crippen LogP contribution in [-0.2, 0) is 4.79 Å². The van der Waals surface area contributed by atoms with Gasteiger partial charge in [0.2, 0.25) is 0 Å². The standard InChI is InChI=1S/C11H13N3O2/c1-6(2)9(11(15)16)7-4-3-5-8-10(7)13-14-12-8/h3-6,9H,1-2H3,(H,15,16)(H,12,13,14). The zero-order chi connectivity index (χ0) is 11.7. The molecule has 84 valence electrons. The van der Waals surface area contributed by atoms with E-state index in [1.165, 1.54) is 0 Å². The van der Waals surface area contributed by atoms with Gasteiger partial charge in [-0.25, -0.2) is 0 Å². The van der Waals surface area contributed by atoms with Crippen LogP contribution < -0.4 is 0 Å². The number of hydrogen-bond acceptors (Lipinski definition) is 3. The molecule has 2 rings (SSSR count). The van der Waals surface area contributed by atoms with Crippen LogP contribution in [0.4, 0.5) is 0 Å². The fourth-order valence-electron chi connectivity index (χ4n) is 1.92. The van der Waals surface area contributed by atoms with E-state index < -0.39 is 11.9 Å². The molecule has 0 aliphatic heterocycles. The van der Waals surface area contributed by atoms with Crippen molar-refractivity contribution in [2.75, 3.05) is 0 Å². The van der Waals surface area contributed by atoms with Gasteiger partial charge in [0.25, 0.3) is 0 Å². The molecule has 0 spiro atoms. The predicted octanol–water partition coefficient (Wildman–Crippen LogP) is 1.78. The van der Waals surface area contributed by atoms with E-state index in [0.29, 0.717) is 16.6 Å². The Hall–Kier alpha value is -1.91. The van der Waals surface area contributed by atoms with E-state index in [1.807, 2.05) is 19.9 Å². The van der Waals surface area contributed by atoms with Crippen molar-refractivity contribution in [3.8, 4) is 0 Å². The third-order valence-electron chi connectivity index (χ3n) is 2.65. The Labute approximate surface area is 92.5 Å². The van der Waals surface area contributed by atoms with Crippen LogP contribution >= 0.6 is 0 Å². The minimum absolute atomic E-state index is 0.0137. The average molecular weight is 219 g/mol. The number of fused-ring (bicyclic) bond motifs is 1. The van der Waals surface area contributed by atoms with Crippen molar-refractivity contribution in [1.29, 1.82) is 0 Å². The lowest BCUT2D eigenvalue weighted by Crippen LogP contribution is -2.17. The van der Waals surface area contributed by atoms with Gasteiger partial charge >= 0.3 is 5.97 Å². The molecule has 1 aromatic carbocycles. The van der Waals surface area contributed by atoms with Gasteiger partial charge in [0.15, 0.2) is 0 Å². The molecule has 5 nitrogen and oxygen atoms in total. The highest BCUT2D eigenvalue weighted by Crippen LogP contribution is 2.29. The van der Waals surface area contributed by atoms with Crippen molar-refractivity contribution < 1.29 is 9.90 Å². The fraction of sp³-hybridized carbons (Fsp3) is 0.364. The van der Waals surface area contributed by atoms with Crippen LogP contribution in [0.5, 0.6) is 0 Å². The maximum Gasteiger partial charge on any atom is 0.311 e. The second-order valence-corrected chi connectivity index (χ2v) is 4.10. The Balaban J connectivity index is 2.60. The summed E-state index contributed by atoms with van der Waals surface area (Å²) < 4.78 is 0. The van der Waals surface area contributed by atoms with E-state index in [1.54, 1.807) is 12.1 Å². The highest BCUT2D eigenvalue weighted by Gasteiger charge is 2.26. The molecule has 0 aliphatic carbocycles. The summed E-state index contributed by atoms with van der Waals surface area (Å²) in [5, 5.41) is 19.7. The molecule has 1 heterocycles. The monoisotopic (exact) mass is 219 g/mol. The summed E-state index contributed by atoms with van der Waals surface area (Å²) >= 11 is 0. The van der Waals surface area contributed by atoms with Gasteiger partial charge in [0.05, 0.1) is 5.92 Å². The van der Waals surface area contributed by atoms with E-state index >= 15 is 0 Å². The number of hydrogen-bond donors (Lipinski definition) is 2. The summed E-state index contributed by atoms with van der Waals surface area (Å²) in [6.45, 7) is 3.77. The zero-order valence-electron chi connectivity index (χ0n) is 9.14. The Morgan fingerprint density at radius 1 is 1.38 bits per heavy atom. The van der Waals surface area contributed by atoms with Gasteiger partial charge in [-0.15, -0.1) is 0 Å². The number of H-pyrrole nitrogens is 1. The number of nitrogens with zero attached hydrogens (tertiary/aromatic N) is 2. The van der Waals surface area contributed by atoms with Crippen LogP contribution in [0, 0.1) is 5.92 Å². The number of aliphatic carboxylic acids is 1. The molecule has 1 aromatic heterocycles.